The Morgan fingerprint density at radius 2 is 1.89 bits per heavy atom. The molecule has 11 heteroatoms. The molecule has 1 amide bonds. The van der Waals surface area contributed by atoms with Crippen LogP contribution in [0.25, 0.3) is 22.8 Å². The van der Waals surface area contributed by atoms with E-state index in [0.29, 0.717) is 23.6 Å². The smallest absolute Gasteiger partial charge is 0.361 e. The molecule has 7 nitrogen and oxygen atoms in total. The molecular formula is C24H24ClF3N4O3. The number of nitrogens with one attached hydrogen (secondary N) is 2. The minimum absolute atomic E-state index is 0.135. The second kappa shape index (κ2) is 10.6. The van der Waals surface area contributed by atoms with Crippen molar-refractivity contribution in [3.63, 3.8) is 0 Å². The highest BCUT2D eigenvalue weighted by molar-refractivity contribution is 6.33. The molecule has 3 aromatic rings. The number of benzene rings is 2. The molecule has 0 aliphatic heterocycles. The number of aromatic amines is 1. The number of hydrogen-bond acceptors (Lipinski definition) is 5. The highest BCUT2D eigenvalue weighted by Gasteiger charge is 2.57. The second-order valence-electron chi connectivity index (χ2n) is 8.01. The summed E-state index contributed by atoms with van der Waals surface area (Å²) in [6, 6.07) is 12.1. The molecule has 0 bridgehead atoms. The molecule has 3 rings (SSSR count). The molecule has 2 N–H and O–H groups in total. The normalized spacial score (nSPS) is 13.3. The summed E-state index contributed by atoms with van der Waals surface area (Å²) in [7, 11) is 0.814. The van der Waals surface area contributed by atoms with Crippen LogP contribution in [0, 0.1) is 0 Å². The highest BCUT2D eigenvalue weighted by atomic mass is 35.5. The number of amides is 1. The van der Waals surface area contributed by atoms with Gasteiger partial charge in [0.15, 0.2) is 5.82 Å². The number of carbonyl (C=O) groups excluding carboxylic acids is 1. The first kappa shape index (κ1) is 26.4. The average Bonchev–Trinajstić information content (AvgIpc) is 2.82. The Morgan fingerprint density at radius 3 is 2.54 bits per heavy atom. The number of methoxy groups -OCH3 is 1. The van der Waals surface area contributed by atoms with Crippen LogP contribution in [0.5, 0.6) is 0 Å². The van der Waals surface area contributed by atoms with Crippen molar-refractivity contribution in [3.05, 3.63) is 69.1 Å². The molecule has 1 unspecified atom stereocenters. The predicted molar refractivity (Wildman–Crippen MR) is 126 cm³/mol. The predicted octanol–water partition coefficient (Wildman–Crippen LogP) is 4.69. The van der Waals surface area contributed by atoms with Crippen molar-refractivity contribution >= 4 is 17.5 Å². The maximum Gasteiger partial charge on any atom is 0.426 e. The summed E-state index contributed by atoms with van der Waals surface area (Å²) in [5, 5.41) is 2.48. The van der Waals surface area contributed by atoms with Crippen molar-refractivity contribution in [1.82, 2.24) is 20.3 Å². The Kier molecular flexibility index (Phi) is 7.97. The van der Waals surface area contributed by atoms with Crippen molar-refractivity contribution < 1.29 is 22.7 Å². The van der Waals surface area contributed by atoms with Gasteiger partial charge in [0.05, 0.1) is 5.02 Å². The van der Waals surface area contributed by atoms with Crippen LogP contribution >= 0.6 is 11.6 Å². The first-order valence-electron chi connectivity index (χ1n) is 10.7. The second-order valence-corrected chi connectivity index (χ2v) is 8.42. The molecule has 35 heavy (non-hydrogen) atoms. The van der Waals surface area contributed by atoms with E-state index in [0.717, 1.165) is 25.5 Å². The molecule has 0 aliphatic carbocycles. The van der Waals surface area contributed by atoms with E-state index in [1.54, 1.807) is 6.07 Å². The minimum Gasteiger partial charge on any atom is -0.361 e. The Hall–Kier alpha value is -3.24. The summed E-state index contributed by atoms with van der Waals surface area (Å²) in [5.41, 5.74) is -1.14. The number of alkyl halides is 3. The standard InChI is InChI=1S/C24H24ClF3N4O3/c1-4-6-14-7-5-8-16(11-14)19-30-20(32-22(34)31-19)17-12-15(9-10-18(17)25)13-29-21(33)23(2,35-3)24(26,27)28/h5,7-12H,4,6,13H2,1-3H3,(H,29,33)(H,30,31,32,34). The van der Waals surface area contributed by atoms with Gasteiger partial charge in [-0.1, -0.05) is 49.2 Å². The van der Waals surface area contributed by atoms with Gasteiger partial charge in [-0.25, -0.2) is 9.78 Å². The lowest BCUT2D eigenvalue weighted by Crippen LogP contribution is -2.55. The van der Waals surface area contributed by atoms with Crippen molar-refractivity contribution in [2.45, 2.75) is 45.0 Å². The van der Waals surface area contributed by atoms with Crippen molar-refractivity contribution in [2.24, 2.45) is 0 Å². The maximum absolute atomic E-state index is 13.3. The van der Waals surface area contributed by atoms with Crippen LogP contribution in [0.1, 0.15) is 31.4 Å². The van der Waals surface area contributed by atoms with E-state index in [1.807, 2.05) is 18.2 Å². The monoisotopic (exact) mass is 508 g/mol. The van der Waals surface area contributed by atoms with E-state index in [4.69, 9.17) is 11.6 Å². The van der Waals surface area contributed by atoms with Crippen molar-refractivity contribution in [2.75, 3.05) is 7.11 Å². The molecule has 186 valence electrons. The Morgan fingerprint density at radius 1 is 1.14 bits per heavy atom. The number of carbonyl (C=O) groups is 1. The molecule has 0 aliphatic rings. The number of nitrogens with zero attached hydrogens (tertiary/aromatic N) is 2. The number of rotatable bonds is 8. The summed E-state index contributed by atoms with van der Waals surface area (Å²) < 4.78 is 44.2. The van der Waals surface area contributed by atoms with E-state index < -0.39 is 23.4 Å². The fourth-order valence-electron chi connectivity index (χ4n) is 3.35. The first-order valence-corrected chi connectivity index (χ1v) is 11.1. The number of ether oxygens (including phenoxy) is 1. The van der Waals surface area contributed by atoms with E-state index in [9.17, 15) is 22.8 Å². The van der Waals surface area contributed by atoms with Gasteiger partial charge < -0.3 is 10.1 Å². The molecule has 1 aromatic heterocycles. The highest BCUT2D eigenvalue weighted by Crippen LogP contribution is 2.33. The van der Waals surface area contributed by atoms with Crippen LogP contribution < -0.4 is 11.0 Å². The van der Waals surface area contributed by atoms with Crippen LogP contribution in [-0.4, -0.2) is 39.7 Å². The van der Waals surface area contributed by atoms with Crippen LogP contribution in [0.2, 0.25) is 5.02 Å². The van der Waals surface area contributed by atoms with Crippen LogP contribution in [0.4, 0.5) is 13.2 Å². The number of halogens is 4. The molecule has 0 spiro atoms. The fourth-order valence-corrected chi connectivity index (χ4v) is 3.55. The van der Waals surface area contributed by atoms with E-state index in [-0.39, 0.29) is 23.2 Å². The third kappa shape index (κ3) is 5.88. The first-order chi connectivity index (χ1) is 16.5. The Bertz CT molecular complexity index is 1280. The molecular weight excluding hydrogens is 485 g/mol. The zero-order valence-corrected chi connectivity index (χ0v) is 20.0. The number of H-pyrrole nitrogens is 1. The average molecular weight is 509 g/mol. The molecule has 0 saturated heterocycles. The molecule has 0 fully saturated rings. The third-order valence-electron chi connectivity index (χ3n) is 5.50. The van der Waals surface area contributed by atoms with Crippen LogP contribution in [0.3, 0.4) is 0 Å². The van der Waals surface area contributed by atoms with E-state index >= 15 is 0 Å². The Balaban J connectivity index is 1.91. The number of aryl methyl sites for hydroxylation is 1. The maximum atomic E-state index is 13.3. The van der Waals surface area contributed by atoms with Crippen LogP contribution in [-0.2, 0) is 22.5 Å². The third-order valence-corrected chi connectivity index (χ3v) is 5.83. The quantitative estimate of drug-likeness (QED) is 0.460. The van der Waals surface area contributed by atoms with Gasteiger partial charge >= 0.3 is 11.9 Å². The lowest BCUT2D eigenvalue weighted by molar-refractivity contribution is -0.253. The number of aromatic nitrogens is 3. The summed E-state index contributed by atoms with van der Waals surface area (Å²) in [6.07, 6.45) is -3.08. The van der Waals surface area contributed by atoms with Crippen LogP contribution in [0.15, 0.2) is 47.3 Å². The van der Waals surface area contributed by atoms with Crippen molar-refractivity contribution in [3.8, 4) is 22.8 Å². The van der Waals surface area contributed by atoms with Gasteiger partial charge in [0.25, 0.3) is 5.91 Å². The molecule has 0 radical (unpaired) electrons. The zero-order chi connectivity index (χ0) is 25.8. The van der Waals surface area contributed by atoms with Gasteiger partial charge in [-0.3, -0.25) is 9.78 Å². The van der Waals surface area contributed by atoms with E-state index in [1.165, 1.54) is 18.2 Å². The fraction of sp³-hybridized carbons (Fsp3) is 0.333. The summed E-state index contributed by atoms with van der Waals surface area (Å²) >= 11 is 6.33. The summed E-state index contributed by atoms with van der Waals surface area (Å²) in [4.78, 5) is 35.4. The van der Waals surface area contributed by atoms with Gasteiger partial charge in [0.1, 0.15) is 5.82 Å². The lowest BCUT2D eigenvalue weighted by atomic mass is 10.0. The van der Waals surface area contributed by atoms with Gasteiger partial charge in [-0.05, 0) is 42.7 Å². The van der Waals surface area contributed by atoms with Gasteiger partial charge in [0.2, 0.25) is 5.60 Å². The zero-order valence-electron chi connectivity index (χ0n) is 19.3. The lowest BCUT2D eigenvalue weighted by Gasteiger charge is -2.29. The minimum atomic E-state index is -4.90. The largest absolute Gasteiger partial charge is 0.426 e. The van der Waals surface area contributed by atoms with Crippen molar-refractivity contribution in [1.29, 1.82) is 0 Å². The van der Waals surface area contributed by atoms with Gasteiger partial charge in [-0.15, -0.1) is 0 Å². The summed E-state index contributed by atoms with van der Waals surface area (Å²) in [5.74, 6) is -0.998. The van der Waals surface area contributed by atoms with Gasteiger partial charge in [0, 0.05) is 24.8 Å². The Labute approximate surface area is 204 Å². The SMILES string of the molecule is CCCc1cccc(-c2nc(-c3cc(CNC(=O)C(C)(OC)C(F)(F)F)ccc3Cl)[nH]c(=O)n2)c1. The van der Waals surface area contributed by atoms with E-state index in [2.05, 4.69) is 31.9 Å². The number of hydrogen-bond donors (Lipinski definition) is 2. The molecule has 1 heterocycles. The molecule has 2 aromatic carbocycles. The topological polar surface area (TPSA) is 97.0 Å². The van der Waals surface area contributed by atoms with Gasteiger partial charge in [-0.2, -0.15) is 18.2 Å². The molecule has 0 saturated carbocycles. The summed E-state index contributed by atoms with van der Waals surface area (Å²) in [6.45, 7) is 2.47. The molecule has 1 atom stereocenters.